The molecule has 1 saturated heterocycles. The lowest BCUT2D eigenvalue weighted by atomic mass is 9.81. The minimum atomic E-state index is -2.98. The molecular weight excluding hydrogens is 622 g/mol. The van der Waals surface area contributed by atoms with Crippen molar-refractivity contribution in [3.05, 3.63) is 56.5 Å². The number of carbonyl (C=O) groups excluding carboxylic acids is 2. The first-order valence-corrected chi connectivity index (χ1v) is 14.8. The minimum Gasteiger partial charge on any atom is -0.506 e. The van der Waals surface area contributed by atoms with Crippen LogP contribution in [0.1, 0.15) is 62.5 Å². The zero-order valence-electron chi connectivity index (χ0n) is 21.2. The molecule has 2 N–H and O–H groups in total. The molecule has 3 aliphatic rings. The van der Waals surface area contributed by atoms with Gasteiger partial charge < -0.3 is 10.4 Å². The zero-order valence-corrected chi connectivity index (χ0v) is 24.4. The van der Waals surface area contributed by atoms with E-state index in [1.165, 1.54) is 23.8 Å². The van der Waals surface area contributed by atoms with E-state index in [1.807, 2.05) is 12.1 Å². The van der Waals surface area contributed by atoms with Gasteiger partial charge in [-0.3, -0.25) is 14.5 Å². The summed E-state index contributed by atoms with van der Waals surface area (Å²) < 4.78 is 28.5. The van der Waals surface area contributed by atoms with Crippen LogP contribution in [-0.4, -0.2) is 40.8 Å². The highest BCUT2D eigenvalue weighted by Gasteiger charge is 2.59. The predicted octanol–water partition coefficient (Wildman–Crippen LogP) is 7.22. The number of alkyl halides is 2. The van der Waals surface area contributed by atoms with Gasteiger partial charge in [0.15, 0.2) is 0 Å². The largest absolute Gasteiger partial charge is 0.506 e. The summed E-state index contributed by atoms with van der Waals surface area (Å²) in [6.07, 6.45) is 4.73. The summed E-state index contributed by atoms with van der Waals surface area (Å²) in [4.78, 5) is 27.7. The molecule has 2 aromatic carbocycles. The summed E-state index contributed by atoms with van der Waals surface area (Å²) in [7, 11) is 0. The fourth-order valence-electron chi connectivity index (χ4n) is 6.43. The molecule has 0 spiro atoms. The maximum Gasteiger partial charge on any atom is 0.270 e. The van der Waals surface area contributed by atoms with Crippen molar-refractivity contribution in [2.24, 2.45) is 17.8 Å². The van der Waals surface area contributed by atoms with Crippen molar-refractivity contribution < 1.29 is 23.5 Å². The van der Waals surface area contributed by atoms with Crippen molar-refractivity contribution >= 4 is 49.2 Å². The third-order valence-electron chi connectivity index (χ3n) is 8.57. The molecule has 1 amide bonds. The fraction of sp³-hybridized carbons (Fsp3) is 0.517. The predicted molar refractivity (Wildman–Crippen MR) is 149 cm³/mol. The Kier molecular flexibility index (Phi) is 8.00. The average molecular weight is 654 g/mol. The number of amides is 1. The van der Waals surface area contributed by atoms with Gasteiger partial charge in [0, 0.05) is 56.1 Å². The van der Waals surface area contributed by atoms with Crippen LogP contribution < -0.4 is 5.32 Å². The number of rotatable bonds is 8. The molecule has 0 bridgehead atoms. The topological polar surface area (TPSA) is 69.6 Å². The van der Waals surface area contributed by atoms with Crippen LogP contribution in [0.4, 0.5) is 14.5 Å². The van der Waals surface area contributed by atoms with Crippen molar-refractivity contribution in [2.45, 2.75) is 63.3 Å². The molecule has 0 aromatic heterocycles. The molecule has 0 radical (unpaired) electrons. The van der Waals surface area contributed by atoms with Crippen molar-refractivity contribution in [2.75, 3.05) is 18.4 Å². The molecule has 1 heterocycles. The van der Waals surface area contributed by atoms with Gasteiger partial charge in [0.05, 0.1) is 8.95 Å². The van der Waals surface area contributed by atoms with Gasteiger partial charge in [-0.25, -0.2) is 8.78 Å². The van der Waals surface area contributed by atoms with Crippen molar-refractivity contribution in [3.63, 3.8) is 0 Å². The number of hydrogen-bond donors (Lipinski definition) is 2. The number of Topliss-reactive ketones (excluding diaryl/α,β-unsaturated/α-hetero) is 1. The quantitative estimate of drug-likeness (QED) is 0.316. The van der Waals surface area contributed by atoms with Crippen molar-refractivity contribution in [1.82, 2.24) is 4.90 Å². The Morgan fingerprint density at radius 1 is 1.03 bits per heavy atom. The van der Waals surface area contributed by atoms with E-state index in [4.69, 9.17) is 0 Å². The van der Waals surface area contributed by atoms with E-state index in [0.29, 0.717) is 38.4 Å². The highest BCUT2D eigenvalue weighted by atomic mass is 79.9. The number of fused-ring (bicyclic) bond motifs is 1. The zero-order chi connectivity index (χ0) is 27.2. The van der Waals surface area contributed by atoms with Gasteiger partial charge in [0.1, 0.15) is 11.5 Å². The van der Waals surface area contributed by atoms with Gasteiger partial charge >= 0.3 is 0 Å². The van der Waals surface area contributed by atoms with Crippen LogP contribution in [0.15, 0.2) is 45.3 Å². The van der Waals surface area contributed by atoms with E-state index < -0.39 is 5.92 Å². The number of hydrogen-bond acceptors (Lipinski definition) is 4. The smallest absolute Gasteiger partial charge is 0.270 e. The Balaban J connectivity index is 1.04. The van der Waals surface area contributed by atoms with Gasteiger partial charge in [-0.05, 0) is 105 Å². The molecule has 5 nitrogen and oxygen atoms in total. The Hall–Kier alpha value is -1.84. The number of aromatic hydroxyl groups is 1. The van der Waals surface area contributed by atoms with Gasteiger partial charge in [-0.2, -0.15) is 0 Å². The molecule has 9 heteroatoms. The number of piperidine rings is 1. The maximum absolute atomic E-state index is 13.5. The SMILES string of the molecule is CC(F)(F)c1cccc(NC(=O)CCC(=O)C2[C@H]3CN(C4CCC(c5cc(Br)c(O)c(Br)c5)CC4)C[C@@H]23)c1. The molecule has 1 aliphatic heterocycles. The molecular formula is C29H32Br2F2N2O3. The number of benzene rings is 2. The second kappa shape index (κ2) is 11.0. The normalized spacial score (nSPS) is 27.1. The lowest BCUT2D eigenvalue weighted by Crippen LogP contribution is -2.38. The maximum atomic E-state index is 13.5. The lowest BCUT2D eigenvalue weighted by molar-refractivity contribution is -0.124. The van der Waals surface area contributed by atoms with Gasteiger partial charge in [0.2, 0.25) is 5.91 Å². The number of nitrogens with one attached hydrogen (secondary N) is 1. The number of likely N-dealkylation sites (tertiary alicyclic amines) is 1. The lowest BCUT2D eigenvalue weighted by Gasteiger charge is -2.36. The van der Waals surface area contributed by atoms with Gasteiger partial charge in [-0.1, -0.05) is 12.1 Å². The third kappa shape index (κ3) is 5.99. The summed E-state index contributed by atoms with van der Waals surface area (Å²) in [5, 5.41) is 12.6. The van der Waals surface area contributed by atoms with Crippen LogP contribution in [0.2, 0.25) is 0 Å². The molecule has 204 valence electrons. The van der Waals surface area contributed by atoms with Crippen molar-refractivity contribution in [1.29, 1.82) is 0 Å². The summed E-state index contributed by atoms with van der Waals surface area (Å²) in [5.41, 5.74) is 1.41. The molecule has 2 aromatic rings. The summed E-state index contributed by atoms with van der Waals surface area (Å²) in [6, 6.07) is 10.3. The number of nitrogens with zero attached hydrogens (tertiary/aromatic N) is 1. The van der Waals surface area contributed by atoms with Gasteiger partial charge in [0.25, 0.3) is 5.92 Å². The first-order valence-electron chi connectivity index (χ1n) is 13.2. The molecule has 1 unspecified atom stereocenters. The van der Waals surface area contributed by atoms with E-state index in [1.54, 1.807) is 6.07 Å². The van der Waals surface area contributed by atoms with E-state index in [0.717, 1.165) is 45.7 Å². The van der Waals surface area contributed by atoms with Crippen LogP contribution in [0.5, 0.6) is 5.75 Å². The number of anilines is 1. The Bertz CT molecular complexity index is 1190. The first-order chi connectivity index (χ1) is 18.0. The van der Waals surface area contributed by atoms with Crippen LogP contribution >= 0.6 is 31.9 Å². The Labute approximate surface area is 238 Å². The summed E-state index contributed by atoms with van der Waals surface area (Å²) in [6.45, 7) is 2.73. The highest BCUT2D eigenvalue weighted by molar-refractivity contribution is 9.11. The van der Waals surface area contributed by atoms with Crippen molar-refractivity contribution in [3.8, 4) is 5.75 Å². The number of ketones is 1. The highest BCUT2D eigenvalue weighted by Crippen LogP contribution is 2.54. The van der Waals surface area contributed by atoms with E-state index in [2.05, 4.69) is 42.1 Å². The molecule has 2 aliphatic carbocycles. The van der Waals surface area contributed by atoms with Crippen LogP contribution in [-0.2, 0) is 15.5 Å². The molecule has 3 atom stereocenters. The summed E-state index contributed by atoms with van der Waals surface area (Å²) in [5.74, 6) is -1.58. The standard InChI is InChI=1S/C29H32Br2F2N2O3/c1-29(32,33)18-3-2-4-19(13-18)34-26(37)10-9-25(36)27-21-14-35(15-22(21)27)20-7-5-16(6-8-20)17-11-23(30)28(38)24(31)12-17/h2-4,11-13,16,20-22,27,38H,5-10,14-15H2,1H3,(H,34,37)/t16?,20?,21-,22+,27?. The fourth-order valence-corrected chi connectivity index (χ4v) is 7.65. The molecule has 5 rings (SSSR count). The summed E-state index contributed by atoms with van der Waals surface area (Å²) >= 11 is 6.88. The minimum absolute atomic E-state index is 0.0594. The van der Waals surface area contributed by atoms with Crippen LogP contribution in [0.25, 0.3) is 0 Å². The number of phenols is 1. The van der Waals surface area contributed by atoms with E-state index >= 15 is 0 Å². The number of phenolic OH excluding ortho intramolecular Hbond substituents is 1. The first kappa shape index (κ1) is 27.7. The van der Waals surface area contributed by atoms with Crippen LogP contribution in [0.3, 0.4) is 0 Å². The molecule has 2 saturated carbocycles. The average Bonchev–Trinajstić information content (AvgIpc) is 3.38. The second-order valence-corrected chi connectivity index (χ2v) is 12.8. The molecule has 38 heavy (non-hydrogen) atoms. The number of carbonyl (C=O) groups is 2. The Morgan fingerprint density at radius 3 is 2.26 bits per heavy atom. The second-order valence-electron chi connectivity index (χ2n) is 11.1. The third-order valence-corrected chi connectivity index (χ3v) is 9.78. The monoisotopic (exact) mass is 652 g/mol. The van der Waals surface area contributed by atoms with E-state index in [9.17, 15) is 23.5 Å². The molecule has 3 fully saturated rings. The Morgan fingerprint density at radius 2 is 1.66 bits per heavy atom. The van der Waals surface area contributed by atoms with E-state index in [-0.39, 0.29) is 41.8 Å². The number of halogens is 4. The van der Waals surface area contributed by atoms with Gasteiger partial charge in [-0.15, -0.1) is 0 Å². The van der Waals surface area contributed by atoms with Crippen LogP contribution in [0, 0.1) is 17.8 Å².